The molecule has 100 valence electrons. The van der Waals surface area contributed by atoms with Crippen LogP contribution in [0, 0.1) is 11.2 Å². The third kappa shape index (κ3) is 3.24. The van der Waals surface area contributed by atoms with Crippen molar-refractivity contribution in [3.63, 3.8) is 0 Å². The Morgan fingerprint density at radius 1 is 1.17 bits per heavy atom. The fourth-order valence-corrected chi connectivity index (χ4v) is 3.20. The van der Waals surface area contributed by atoms with Crippen LogP contribution in [0.3, 0.4) is 0 Å². The summed E-state index contributed by atoms with van der Waals surface area (Å²) in [6, 6.07) is 4.62. The van der Waals surface area contributed by atoms with Gasteiger partial charge in [-0.2, -0.15) is 0 Å². The molecule has 1 aromatic carbocycles. The highest BCUT2D eigenvalue weighted by atomic mass is 35.5. The number of benzene rings is 1. The van der Waals surface area contributed by atoms with Crippen LogP contribution >= 0.6 is 11.6 Å². The molecule has 1 aliphatic rings. The lowest BCUT2D eigenvalue weighted by molar-refractivity contribution is 0.252. The summed E-state index contributed by atoms with van der Waals surface area (Å²) in [6.45, 7) is 0.667. The Morgan fingerprint density at radius 3 is 2.44 bits per heavy atom. The first kappa shape index (κ1) is 13.8. The molecule has 1 saturated carbocycles. The van der Waals surface area contributed by atoms with Crippen LogP contribution in [0.5, 0.6) is 0 Å². The van der Waals surface area contributed by atoms with E-state index < -0.39 is 0 Å². The van der Waals surface area contributed by atoms with Crippen LogP contribution in [0.1, 0.15) is 44.1 Å². The van der Waals surface area contributed by atoms with Gasteiger partial charge in [0.2, 0.25) is 0 Å². The van der Waals surface area contributed by atoms with Crippen LogP contribution < -0.4 is 5.73 Å². The molecule has 1 fully saturated rings. The lowest BCUT2D eigenvalue weighted by atomic mass is 9.75. The Balaban J connectivity index is 2.20. The van der Waals surface area contributed by atoms with Crippen molar-refractivity contribution in [2.45, 2.75) is 44.9 Å². The smallest absolute Gasteiger partial charge is 0.123 e. The molecule has 0 aromatic heterocycles. The van der Waals surface area contributed by atoms with Gasteiger partial charge in [0.15, 0.2) is 0 Å². The average Bonchev–Trinajstić information content (AvgIpc) is 2.60. The maximum absolute atomic E-state index is 13.3. The van der Waals surface area contributed by atoms with Crippen molar-refractivity contribution in [1.29, 1.82) is 0 Å². The quantitative estimate of drug-likeness (QED) is 0.813. The molecule has 2 N–H and O–H groups in total. The molecule has 0 saturated heterocycles. The Hall–Kier alpha value is -0.600. The van der Waals surface area contributed by atoms with Gasteiger partial charge in [0.25, 0.3) is 0 Å². The minimum absolute atomic E-state index is 0.119. The number of hydrogen-bond acceptors (Lipinski definition) is 1. The first-order chi connectivity index (χ1) is 8.65. The lowest BCUT2D eigenvalue weighted by Gasteiger charge is -2.32. The van der Waals surface area contributed by atoms with Gasteiger partial charge in [-0.05, 0) is 55.0 Å². The van der Waals surface area contributed by atoms with Crippen LogP contribution in [-0.2, 0) is 6.42 Å². The summed E-state index contributed by atoms with van der Waals surface area (Å²) in [5.74, 6) is -0.213. The number of nitrogens with two attached hydrogens (primary N) is 1. The van der Waals surface area contributed by atoms with Crippen molar-refractivity contribution in [3.8, 4) is 0 Å². The monoisotopic (exact) mass is 269 g/mol. The van der Waals surface area contributed by atoms with Crippen molar-refractivity contribution in [2.75, 3.05) is 6.54 Å². The van der Waals surface area contributed by atoms with Crippen LogP contribution in [0.25, 0.3) is 0 Å². The predicted octanol–water partition coefficient (Wildman–Crippen LogP) is 4.32. The summed E-state index contributed by atoms with van der Waals surface area (Å²) >= 11 is 6.17. The second-order valence-electron chi connectivity index (χ2n) is 5.53. The van der Waals surface area contributed by atoms with Gasteiger partial charge in [0.1, 0.15) is 5.82 Å². The highest BCUT2D eigenvalue weighted by Crippen LogP contribution is 2.38. The molecule has 0 bridgehead atoms. The minimum atomic E-state index is -0.213. The molecule has 1 aromatic rings. The third-order valence-corrected chi connectivity index (χ3v) is 4.54. The zero-order valence-electron chi connectivity index (χ0n) is 10.7. The van der Waals surface area contributed by atoms with Crippen LogP contribution in [0.4, 0.5) is 4.39 Å². The van der Waals surface area contributed by atoms with Gasteiger partial charge in [0, 0.05) is 5.02 Å². The summed E-state index contributed by atoms with van der Waals surface area (Å²) in [7, 11) is 0. The van der Waals surface area contributed by atoms with E-state index in [1.165, 1.54) is 31.7 Å². The molecular weight excluding hydrogens is 249 g/mol. The number of hydrogen-bond donors (Lipinski definition) is 1. The molecule has 2 rings (SSSR count). The number of rotatable bonds is 3. The molecular formula is C15H21ClFN. The summed E-state index contributed by atoms with van der Waals surface area (Å²) < 4.78 is 13.3. The summed E-state index contributed by atoms with van der Waals surface area (Å²) in [5.41, 5.74) is 7.03. The Labute approximate surface area is 114 Å². The highest BCUT2D eigenvalue weighted by Gasteiger charge is 2.30. The van der Waals surface area contributed by atoms with E-state index in [2.05, 4.69) is 0 Å². The van der Waals surface area contributed by atoms with Gasteiger partial charge in [0.05, 0.1) is 0 Å². The lowest BCUT2D eigenvalue weighted by Crippen LogP contribution is -2.32. The summed E-state index contributed by atoms with van der Waals surface area (Å²) in [5, 5.41) is 0.661. The van der Waals surface area contributed by atoms with Gasteiger partial charge in [-0.25, -0.2) is 4.39 Å². The SMILES string of the molecule is NCC1(Cc2cc(F)ccc2Cl)CCCCCC1. The van der Waals surface area contributed by atoms with Gasteiger partial charge in [-0.3, -0.25) is 0 Å². The summed E-state index contributed by atoms with van der Waals surface area (Å²) in [6.07, 6.45) is 8.11. The number of halogens is 2. The standard InChI is InChI=1S/C15H21ClFN/c16-14-6-5-13(17)9-12(14)10-15(11-18)7-3-1-2-4-8-15/h5-6,9H,1-4,7-8,10-11,18H2. The van der Waals surface area contributed by atoms with E-state index in [0.29, 0.717) is 11.6 Å². The van der Waals surface area contributed by atoms with E-state index >= 15 is 0 Å². The topological polar surface area (TPSA) is 26.0 Å². The van der Waals surface area contributed by atoms with Gasteiger partial charge < -0.3 is 5.73 Å². The van der Waals surface area contributed by atoms with E-state index in [1.807, 2.05) is 0 Å². The van der Waals surface area contributed by atoms with Crippen molar-refractivity contribution < 1.29 is 4.39 Å². The molecule has 0 amide bonds. The van der Waals surface area contributed by atoms with Crippen molar-refractivity contribution in [1.82, 2.24) is 0 Å². The third-order valence-electron chi connectivity index (χ3n) is 4.17. The second kappa shape index (κ2) is 6.03. The predicted molar refractivity (Wildman–Crippen MR) is 74.3 cm³/mol. The molecule has 0 radical (unpaired) electrons. The maximum Gasteiger partial charge on any atom is 0.123 e. The Kier molecular flexibility index (Phi) is 4.63. The Morgan fingerprint density at radius 2 is 1.83 bits per heavy atom. The van der Waals surface area contributed by atoms with E-state index in [9.17, 15) is 4.39 Å². The van der Waals surface area contributed by atoms with Crippen molar-refractivity contribution in [3.05, 3.63) is 34.6 Å². The van der Waals surface area contributed by atoms with Crippen LogP contribution in [0.2, 0.25) is 5.02 Å². The average molecular weight is 270 g/mol. The minimum Gasteiger partial charge on any atom is -0.330 e. The zero-order valence-corrected chi connectivity index (χ0v) is 11.5. The molecule has 0 spiro atoms. The molecule has 0 atom stereocenters. The fraction of sp³-hybridized carbons (Fsp3) is 0.600. The molecule has 0 unspecified atom stereocenters. The fourth-order valence-electron chi connectivity index (χ4n) is 3.01. The van der Waals surface area contributed by atoms with E-state index in [1.54, 1.807) is 12.1 Å². The first-order valence-corrected chi connectivity index (χ1v) is 7.17. The molecule has 0 aliphatic heterocycles. The largest absolute Gasteiger partial charge is 0.330 e. The van der Waals surface area contributed by atoms with E-state index in [4.69, 9.17) is 17.3 Å². The molecule has 1 nitrogen and oxygen atoms in total. The highest BCUT2D eigenvalue weighted by molar-refractivity contribution is 6.31. The van der Waals surface area contributed by atoms with Gasteiger partial charge in [-0.15, -0.1) is 0 Å². The van der Waals surface area contributed by atoms with E-state index in [0.717, 1.165) is 24.8 Å². The van der Waals surface area contributed by atoms with Gasteiger partial charge in [-0.1, -0.05) is 37.3 Å². The van der Waals surface area contributed by atoms with Crippen molar-refractivity contribution >= 4 is 11.6 Å². The molecule has 3 heteroatoms. The summed E-state index contributed by atoms with van der Waals surface area (Å²) in [4.78, 5) is 0. The van der Waals surface area contributed by atoms with E-state index in [-0.39, 0.29) is 11.2 Å². The molecule has 18 heavy (non-hydrogen) atoms. The first-order valence-electron chi connectivity index (χ1n) is 6.79. The molecule has 1 aliphatic carbocycles. The normalized spacial score (nSPS) is 19.5. The van der Waals surface area contributed by atoms with Crippen molar-refractivity contribution in [2.24, 2.45) is 11.1 Å². The van der Waals surface area contributed by atoms with Crippen LogP contribution in [0.15, 0.2) is 18.2 Å². The second-order valence-corrected chi connectivity index (χ2v) is 5.94. The van der Waals surface area contributed by atoms with Gasteiger partial charge >= 0.3 is 0 Å². The maximum atomic E-state index is 13.3. The van der Waals surface area contributed by atoms with Crippen LogP contribution in [-0.4, -0.2) is 6.54 Å². The molecule has 0 heterocycles. The zero-order chi connectivity index (χ0) is 13.0. The Bertz CT molecular complexity index is 397.